The summed E-state index contributed by atoms with van der Waals surface area (Å²) < 4.78 is 19.7. The molecule has 0 aromatic rings. The van der Waals surface area contributed by atoms with E-state index in [0.29, 0.717) is 0 Å². The largest absolute Gasteiger partial charge is 0.306 e. The number of rotatable bonds is 0. The molecule has 1 aliphatic rings. The van der Waals surface area contributed by atoms with Gasteiger partial charge in [0.2, 0.25) is 0 Å². The van der Waals surface area contributed by atoms with Gasteiger partial charge < -0.3 is 0 Å². The van der Waals surface area contributed by atoms with Crippen molar-refractivity contribution in [2.24, 2.45) is 0 Å². The highest BCUT2D eigenvalue weighted by Gasteiger charge is 2.29. The second-order valence-corrected chi connectivity index (χ2v) is 2.48. The van der Waals surface area contributed by atoms with Gasteiger partial charge in [-0.25, -0.2) is 4.18 Å². The van der Waals surface area contributed by atoms with E-state index in [1.165, 1.54) is 0 Å². The van der Waals surface area contributed by atoms with Crippen molar-refractivity contribution < 1.29 is 12.6 Å². The molecule has 3 nitrogen and oxygen atoms in total. The van der Waals surface area contributed by atoms with E-state index >= 15 is 0 Å². The van der Waals surface area contributed by atoms with Crippen LogP contribution in [0.4, 0.5) is 0 Å². The van der Waals surface area contributed by atoms with Crippen molar-refractivity contribution in [1.29, 1.82) is 0 Å². The average Bonchev–Trinajstić information content (AvgIpc) is 2.10. The fourth-order valence-electron chi connectivity index (χ4n) is 0.523. The highest BCUT2D eigenvalue weighted by molar-refractivity contribution is 7.75. The van der Waals surface area contributed by atoms with Gasteiger partial charge >= 0.3 is 11.4 Å². The molecule has 1 saturated heterocycles. The zero-order chi connectivity index (χ0) is 6.85. The second-order valence-electron chi connectivity index (χ2n) is 1.69. The highest BCUT2D eigenvalue weighted by Crippen LogP contribution is 2.15. The molecular formula is C5H6O3S. The lowest BCUT2D eigenvalue weighted by molar-refractivity contribution is 0.217. The van der Waals surface area contributed by atoms with Crippen LogP contribution in [0.1, 0.15) is 6.92 Å². The Morgan fingerprint density at radius 1 is 1.67 bits per heavy atom. The molecule has 0 aromatic heterocycles. The first-order chi connectivity index (χ1) is 4.24. The standard InChI is InChI=1S/C5H6O3S/c1-3-5-4(2)7-9(6)8-5/h1,4-5H,2H3. The topological polar surface area (TPSA) is 35.5 Å². The van der Waals surface area contributed by atoms with E-state index in [2.05, 4.69) is 14.3 Å². The van der Waals surface area contributed by atoms with Crippen LogP contribution >= 0.6 is 0 Å². The van der Waals surface area contributed by atoms with Crippen LogP contribution in [0.3, 0.4) is 0 Å². The van der Waals surface area contributed by atoms with Crippen molar-refractivity contribution in [2.45, 2.75) is 19.1 Å². The first kappa shape index (κ1) is 6.75. The quantitative estimate of drug-likeness (QED) is 0.451. The number of hydrogen-bond acceptors (Lipinski definition) is 3. The summed E-state index contributed by atoms with van der Waals surface area (Å²) in [4.78, 5) is 0. The maximum Gasteiger partial charge on any atom is 0.306 e. The molecule has 1 heterocycles. The summed E-state index contributed by atoms with van der Waals surface area (Å²) in [5.41, 5.74) is 0. The van der Waals surface area contributed by atoms with Crippen LogP contribution in [-0.2, 0) is 19.7 Å². The SMILES string of the molecule is C#CC1OS(=O)OC1C. The van der Waals surface area contributed by atoms with Gasteiger partial charge in [0.15, 0.2) is 6.10 Å². The highest BCUT2D eigenvalue weighted by atomic mass is 32.2. The van der Waals surface area contributed by atoms with Gasteiger partial charge in [-0.1, -0.05) is 5.92 Å². The predicted molar refractivity (Wildman–Crippen MR) is 32.4 cm³/mol. The molecule has 0 radical (unpaired) electrons. The lowest BCUT2D eigenvalue weighted by Crippen LogP contribution is -2.15. The lowest BCUT2D eigenvalue weighted by Gasteiger charge is -1.98. The van der Waals surface area contributed by atoms with Crippen molar-refractivity contribution in [3.05, 3.63) is 0 Å². The molecule has 0 bridgehead atoms. The van der Waals surface area contributed by atoms with Gasteiger partial charge in [-0.2, -0.15) is 4.21 Å². The lowest BCUT2D eigenvalue weighted by atomic mass is 10.2. The zero-order valence-electron chi connectivity index (χ0n) is 4.87. The molecule has 0 saturated carbocycles. The predicted octanol–water partition coefficient (Wildman–Crippen LogP) is 0.00220. The third-order valence-electron chi connectivity index (χ3n) is 1.00. The summed E-state index contributed by atoms with van der Waals surface area (Å²) in [5.74, 6) is 2.30. The van der Waals surface area contributed by atoms with Crippen molar-refractivity contribution >= 4 is 11.4 Å². The van der Waals surface area contributed by atoms with E-state index in [-0.39, 0.29) is 6.10 Å². The molecule has 0 N–H and O–H groups in total. The van der Waals surface area contributed by atoms with Crippen LogP contribution in [0.5, 0.6) is 0 Å². The van der Waals surface area contributed by atoms with E-state index in [9.17, 15) is 4.21 Å². The van der Waals surface area contributed by atoms with Crippen molar-refractivity contribution in [1.82, 2.24) is 0 Å². The van der Waals surface area contributed by atoms with E-state index in [1.807, 2.05) is 0 Å². The van der Waals surface area contributed by atoms with Crippen LogP contribution in [0.2, 0.25) is 0 Å². The van der Waals surface area contributed by atoms with Gasteiger partial charge in [0.1, 0.15) is 6.10 Å². The van der Waals surface area contributed by atoms with Gasteiger partial charge in [-0.15, -0.1) is 6.42 Å². The van der Waals surface area contributed by atoms with E-state index < -0.39 is 17.5 Å². The summed E-state index contributed by atoms with van der Waals surface area (Å²) in [5, 5.41) is 0. The number of hydrogen-bond donors (Lipinski definition) is 0. The summed E-state index contributed by atoms with van der Waals surface area (Å²) >= 11 is -1.63. The molecule has 3 atom stereocenters. The molecular weight excluding hydrogens is 140 g/mol. The molecule has 0 aromatic carbocycles. The van der Waals surface area contributed by atoms with Gasteiger partial charge in [0.25, 0.3) is 0 Å². The third-order valence-corrected chi connectivity index (χ3v) is 1.83. The van der Waals surface area contributed by atoms with Gasteiger partial charge in [0, 0.05) is 0 Å². The Labute approximate surface area is 56.2 Å². The summed E-state index contributed by atoms with van der Waals surface area (Å²) in [6.45, 7) is 1.72. The van der Waals surface area contributed by atoms with Gasteiger partial charge in [0.05, 0.1) is 0 Å². The number of terminal acetylenes is 1. The Bertz CT molecular complexity index is 172. The Morgan fingerprint density at radius 2 is 2.33 bits per heavy atom. The minimum absolute atomic E-state index is 0.254. The summed E-state index contributed by atoms with van der Waals surface area (Å²) in [6, 6.07) is 0. The monoisotopic (exact) mass is 146 g/mol. The molecule has 9 heavy (non-hydrogen) atoms. The van der Waals surface area contributed by atoms with E-state index in [4.69, 9.17) is 6.42 Å². The smallest absolute Gasteiger partial charge is 0.262 e. The minimum Gasteiger partial charge on any atom is -0.262 e. The fourth-order valence-corrected chi connectivity index (χ4v) is 1.30. The van der Waals surface area contributed by atoms with Crippen LogP contribution in [0.15, 0.2) is 0 Å². The van der Waals surface area contributed by atoms with Crippen LogP contribution in [0.25, 0.3) is 0 Å². The molecule has 4 heteroatoms. The Kier molecular flexibility index (Phi) is 1.86. The van der Waals surface area contributed by atoms with Crippen molar-refractivity contribution in [3.8, 4) is 12.3 Å². The Morgan fingerprint density at radius 3 is 2.56 bits per heavy atom. The normalized spacial score (nSPS) is 42.4. The molecule has 1 rings (SSSR count). The van der Waals surface area contributed by atoms with Crippen LogP contribution in [0, 0.1) is 12.3 Å². The molecule has 3 unspecified atom stereocenters. The molecule has 1 aliphatic heterocycles. The first-order valence-electron chi connectivity index (χ1n) is 2.46. The van der Waals surface area contributed by atoms with E-state index in [1.54, 1.807) is 6.92 Å². The van der Waals surface area contributed by atoms with Crippen molar-refractivity contribution in [2.75, 3.05) is 0 Å². The second kappa shape index (κ2) is 2.48. The molecule has 0 spiro atoms. The molecule has 1 fully saturated rings. The maximum atomic E-state index is 10.4. The van der Waals surface area contributed by atoms with E-state index in [0.717, 1.165) is 0 Å². The average molecular weight is 146 g/mol. The van der Waals surface area contributed by atoms with Crippen molar-refractivity contribution in [3.63, 3.8) is 0 Å². The maximum absolute atomic E-state index is 10.4. The summed E-state index contributed by atoms with van der Waals surface area (Å²) in [7, 11) is 0. The Hall–Kier alpha value is -0.370. The Balaban J connectivity index is 2.60. The minimum atomic E-state index is -1.63. The molecule has 0 amide bonds. The van der Waals surface area contributed by atoms with Gasteiger partial charge in [-0.05, 0) is 6.92 Å². The summed E-state index contributed by atoms with van der Waals surface area (Å²) in [6.07, 6.45) is 4.29. The first-order valence-corrected chi connectivity index (χ1v) is 3.46. The zero-order valence-corrected chi connectivity index (χ0v) is 5.68. The van der Waals surface area contributed by atoms with Crippen LogP contribution in [-0.4, -0.2) is 16.4 Å². The fraction of sp³-hybridized carbons (Fsp3) is 0.600. The molecule has 50 valence electrons. The molecule has 0 aliphatic carbocycles. The van der Waals surface area contributed by atoms with Crippen LogP contribution < -0.4 is 0 Å². The third kappa shape index (κ3) is 1.30. The van der Waals surface area contributed by atoms with Gasteiger partial charge in [-0.3, -0.25) is 4.18 Å².